The maximum Gasteiger partial charge on any atom is 0.267 e. The predicted octanol–water partition coefficient (Wildman–Crippen LogP) is 2.63. The zero-order valence-electron chi connectivity index (χ0n) is 16.8. The summed E-state index contributed by atoms with van der Waals surface area (Å²) in [4.78, 5) is -2.81. The van der Waals surface area contributed by atoms with Gasteiger partial charge in [-0.2, -0.15) is 0 Å². The predicted molar refractivity (Wildman–Crippen MR) is 112 cm³/mol. The van der Waals surface area contributed by atoms with E-state index in [-0.39, 0.29) is 10.6 Å². The summed E-state index contributed by atoms with van der Waals surface area (Å²) in [5.74, 6) is -12.6. The largest absolute Gasteiger partial charge is 0.280 e. The maximum absolute atomic E-state index is 13.9. The molecule has 9 nitrogen and oxygen atoms in total. The molecule has 0 aliphatic rings. The molecule has 3 rings (SSSR count). The van der Waals surface area contributed by atoms with Gasteiger partial charge in [-0.25, -0.2) is 52.3 Å². The minimum absolute atomic E-state index is 0.0477. The highest BCUT2D eigenvalue weighted by atomic mass is 32.2. The van der Waals surface area contributed by atoms with E-state index >= 15 is 0 Å². The fourth-order valence-corrected chi connectivity index (χ4v) is 5.43. The summed E-state index contributed by atoms with van der Waals surface area (Å²) in [7, 11) is -13.6. The Morgan fingerprint density at radius 1 is 0.514 bits per heavy atom. The molecule has 0 saturated heterocycles. The first-order chi connectivity index (χ1) is 16.0. The lowest BCUT2D eigenvalue weighted by Gasteiger charge is -2.12. The third kappa shape index (κ3) is 5.37. The van der Waals surface area contributed by atoms with Gasteiger partial charge in [0.25, 0.3) is 20.0 Å². The molecule has 0 atom stereocenters. The zero-order chi connectivity index (χ0) is 26.3. The molecule has 0 heterocycles. The van der Waals surface area contributed by atoms with Crippen molar-refractivity contribution in [3.05, 3.63) is 77.6 Å². The van der Waals surface area contributed by atoms with E-state index in [2.05, 4.69) is 4.72 Å². The van der Waals surface area contributed by atoms with Crippen molar-refractivity contribution < 1.29 is 47.2 Å². The van der Waals surface area contributed by atoms with Gasteiger partial charge in [-0.05, 0) is 48.5 Å². The summed E-state index contributed by atoms with van der Waals surface area (Å²) in [6.07, 6.45) is 0. The molecule has 0 fully saturated rings. The van der Waals surface area contributed by atoms with Crippen LogP contribution in [0.5, 0.6) is 0 Å². The number of anilines is 2. The summed E-state index contributed by atoms with van der Waals surface area (Å²) < 4.78 is 143. The zero-order valence-corrected chi connectivity index (χ0v) is 19.2. The van der Waals surface area contributed by atoms with Crippen molar-refractivity contribution in [1.82, 2.24) is 0 Å². The molecule has 35 heavy (non-hydrogen) atoms. The van der Waals surface area contributed by atoms with Crippen molar-refractivity contribution in [2.45, 2.75) is 14.7 Å². The van der Waals surface area contributed by atoms with Gasteiger partial charge in [0.05, 0.1) is 9.79 Å². The van der Waals surface area contributed by atoms with E-state index in [0.717, 1.165) is 48.5 Å². The Morgan fingerprint density at radius 2 is 0.857 bits per heavy atom. The van der Waals surface area contributed by atoms with Crippen molar-refractivity contribution in [2.24, 2.45) is 5.14 Å². The highest BCUT2D eigenvalue weighted by Crippen LogP contribution is 2.28. The third-order valence-electron chi connectivity index (χ3n) is 4.29. The SMILES string of the molecule is NS(=O)(=O)c1ccc(NS(=O)(=O)c2ccc(NS(=O)(=O)c3c(F)c(F)c(F)c(F)c3F)cc2)cc1. The van der Waals surface area contributed by atoms with E-state index in [0.29, 0.717) is 0 Å². The van der Waals surface area contributed by atoms with E-state index in [9.17, 15) is 47.2 Å². The number of hydrogen-bond donors (Lipinski definition) is 3. The van der Waals surface area contributed by atoms with Crippen molar-refractivity contribution in [2.75, 3.05) is 9.44 Å². The smallest absolute Gasteiger partial charge is 0.267 e. The molecular weight excluding hydrogens is 545 g/mol. The van der Waals surface area contributed by atoms with Gasteiger partial charge in [-0.3, -0.25) is 9.44 Å². The van der Waals surface area contributed by atoms with Crippen LogP contribution in [0.25, 0.3) is 0 Å². The van der Waals surface area contributed by atoms with Crippen LogP contribution < -0.4 is 14.6 Å². The number of hydrogen-bond acceptors (Lipinski definition) is 6. The lowest BCUT2D eigenvalue weighted by atomic mass is 10.3. The molecule has 0 amide bonds. The number of sulfonamides is 3. The van der Waals surface area contributed by atoms with Gasteiger partial charge in [-0.1, -0.05) is 0 Å². The molecule has 3 aromatic carbocycles. The molecule has 188 valence electrons. The van der Waals surface area contributed by atoms with Crippen LogP contribution >= 0.6 is 0 Å². The molecule has 3 aromatic rings. The first-order valence-corrected chi connectivity index (χ1v) is 13.4. The van der Waals surface area contributed by atoms with E-state index in [4.69, 9.17) is 5.14 Å². The number of nitrogens with one attached hydrogen (secondary N) is 2. The van der Waals surface area contributed by atoms with Crippen LogP contribution in [0.1, 0.15) is 0 Å². The quantitative estimate of drug-likeness (QED) is 0.231. The Labute approximate surface area is 195 Å². The van der Waals surface area contributed by atoms with Gasteiger partial charge in [0, 0.05) is 11.4 Å². The van der Waals surface area contributed by atoms with Crippen LogP contribution in [0, 0.1) is 29.1 Å². The second-order valence-corrected chi connectivity index (χ2v) is 11.6. The molecule has 0 radical (unpaired) electrons. The van der Waals surface area contributed by atoms with E-state index in [1.54, 1.807) is 4.72 Å². The van der Waals surface area contributed by atoms with Crippen LogP contribution in [-0.4, -0.2) is 25.3 Å². The lowest BCUT2D eigenvalue weighted by Crippen LogP contribution is -2.19. The summed E-state index contributed by atoms with van der Waals surface area (Å²) >= 11 is 0. The molecule has 4 N–H and O–H groups in total. The van der Waals surface area contributed by atoms with Crippen LogP contribution in [0.3, 0.4) is 0 Å². The number of rotatable bonds is 7. The maximum atomic E-state index is 13.9. The van der Waals surface area contributed by atoms with Gasteiger partial charge in [0.2, 0.25) is 15.8 Å². The molecular formula is C18H12F5N3O6S3. The molecule has 17 heteroatoms. The second kappa shape index (κ2) is 9.06. The Bertz CT molecular complexity index is 1600. The highest BCUT2D eigenvalue weighted by molar-refractivity contribution is 7.93. The first-order valence-electron chi connectivity index (χ1n) is 8.84. The topological polar surface area (TPSA) is 152 Å². The Balaban J connectivity index is 1.85. The lowest BCUT2D eigenvalue weighted by molar-refractivity contribution is 0.358. The fourth-order valence-electron chi connectivity index (χ4n) is 2.66. The molecule has 0 bridgehead atoms. The molecule has 0 unspecified atom stereocenters. The standard InChI is InChI=1S/C18H12F5N3O6S3/c19-13-14(20)16(22)18(17(23)15(13)21)35(31,32)26-10-3-7-12(8-4-10)34(29,30)25-9-1-5-11(6-2-9)33(24,27)28/h1-8,25-26H,(H2,24,27,28). The van der Waals surface area contributed by atoms with Crippen molar-refractivity contribution in [3.63, 3.8) is 0 Å². The average molecular weight is 558 g/mol. The van der Waals surface area contributed by atoms with Crippen LogP contribution in [-0.2, 0) is 30.1 Å². The van der Waals surface area contributed by atoms with E-state index in [1.165, 1.54) is 0 Å². The molecule has 0 aliphatic heterocycles. The van der Waals surface area contributed by atoms with Gasteiger partial charge in [-0.15, -0.1) is 0 Å². The fraction of sp³-hybridized carbons (Fsp3) is 0. The molecule has 0 aromatic heterocycles. The number of primary sulfonamides is 1. The van der Waals surface area contributed by atoms with Gasteiger partial charge in [0.15, 0.2) is 28.2 Å². The summed E-state index contributed by atoms with van der Waals surface area (Å²) in [5, 5.41) is 4.95. The van der Waals surface area contributed by atoms with Crippen molar-refractivity contribution >= 4 is 41.4 Å². The Morgan fingerprint density at radius 3 is 1.26 bits per heavy atom. The van der Waals surface area contributed by atoms with Gasteiger partial charge >= 0.3 is 0 Å². The van der Waals surface area contributed by atoms with Crippen molar-refractivity contribution in [1.29, 1.82) is 0 Å². The van der Waals surface area contributed by atoms with Gasteiger partial charge < -0.3 is 0 Å². The van der Waals surface area contributed by atoms with Crippen LogP contribution in [0.15, 0.2) is 63.2 Å². The molecule has 0 spiro atoms. The van der Waals surface area contributed by atoms with Crippen molar-refractivity contribution in [3.8, 4) is 0 Å². The third-order valence-corrected chi connectivity index (χ3v) is 8.02. The van der Waals surface area contributed by atoms with Crippen LogP contribution in [0.2, 0.25) is 0 Å². The van der Waals surface area contributed by atoms with Gasteiger partial charge in [0.1, 0.15) is 0 Å². The summed E-state index contributed by atoms with van der Waals surface area (Å²) in [5.41, 5.74) is -0.515. The minimum Gasteiger partial charge on any atom is -0.280 e. The Kier molecular flexibility index (Phi) is 6.82. The minimum atomic E-state index is -5.32. The monoisotopic (exact) mass is 557 g/mol. The molecule has 0 saturated carbocycles. The number of halogens is 5. The average Bonchev–Trinajstić information content (AvgIpc) is 2.76. The normalized spacial score (nSPS) is 12.4. The Hall–Kier alpha value is -3.28. The van der Waals surface area contributed by atoms with E-state index < -0.39 is 74.6 Å². The second-order valence-electron chi connectivity index (χ2n) is 6.70. The summed E-state index contributed by atoms with van der Waals surface area (Å²) in [6, 6.07) is 7.77. The molecule has 0 aliphatic carbocycles. The van der Waals surface area contributed by atoms with E-state index in [1.807, 2.05) is 0 Å². The highest BCUT2D eigenvalue weighted by Gasteiger charge is 2.33. The van der Waals surface area contributed by atoms with Crippen LogP contribution in [0.4, 0.5) is 33.3 Å². The summed E-state index contributed by atoms with van der Waals surface area (Å²) in [6.45, 7) is 0. The first kappa shape index (κ1) is 26.3. The number of nitrogens with two attached hydrogens (primary N) is 1. The number of benzene rings is 3.